The lowest BCUT2D eigenvalue weighted by molar-refractivity contribution is -0.141. The van der Waals surface area contributed by atoms with Gasteiger partial charge in [0.25, 0.3) is 5.91 Å². The summed E-state index contributed by atoms with van der Waals surface area (Å²) < 4.78 is 4.71. The molecule has 0 saturated carbocycles. The molecule has 0 atom stereocenters. The average molecular weight is 380 g/mol. The van der Waals surface area contributed by atoms with Gasteiger partial charge in [-0.15, -0.1) is 12.4 Å². The van der Waals surface area contributed by atoms with E-state index >= 15 is 0 Å². The van der Waals surface area contributed by atoms with Gasteiger partial charge >= 0.3 is 5.97 Å². The minimum Gasteiger partial charge on any atom is -0.469 e. The number of amides is 1. The highest BCUT2D eigenvalue weighted by atomic mass is 35.5. The lowest BCUT2D eigenvalue weighted by Gasteiger charge is -2.44. The van der Waals surface area contributed by atoms with Crippen molar-refractivity contribution in [3.8, 4) is 0 Å². The summed E-state index contributed by atoms with van der Waals surface area (Å²) in [6.07, 6.45) is 2.55. The number of benzene rings is 1. The van der Waals surface area contributed by atoms with Crippen LogP contribution in [0.25, 0.3) is 0 Å². The number of anilines is 1. The number of esters is 1. The number of nitrogens with zero attached hydrogens (tertiary/aromatic N) is 3. The Balaban J connectivity index is 0.00000243. The van der Waals surface area contributed by atoms with Gasteiger partial charge in [-0.2, -0.15) is 4.99 Å². The zero-order valence-corrected chi connectivity index (χ0v) is 16.1. The number of carbonyl (C=O) groups excluding carboxylic acids is 2. The van der Waals surface area contributed by atoms with Gasteiger partial charge < -0.3 is 14.5 Å². The predicted molar refractivity (Wildman–Crippen MR) is 104 cm³/mol. The van der Waals surface area contributed by atoms with E-state index < -0.39 is 5.54 Å². The quantitative estimate of drug-likeness (QED) is 0.736. The highest BCUT2D eigenvalue weighted by Crippen LogP contribution is 2.39. The number of aliphatic imine (C=N–C) groups is 1. The minimum absolute atomic E-state index is 0. The Morgan fingerprint density at radius 2 is 1.88 bits per heavy atom. The summed E-state index contributed by atoms with van der Waals surface area (Å²) in [5.41, 5.74) is 0.450. The van der Waals surface area contributed by atoms with Crippen molar-refractivity contribution < 1.29 is 14.3 Å². The molecule has 6 nitrogen and oxygen atoms in total. The molecule has 1 spiro atoms. The standard InChI is InChI=1S/C19H25N3O3.ClH/c1-3-16-20-18(24)19(22(16)15-7-5-4-6-8-15)10-13-21(14-11-19)12-9-17(23)25-2;/h4-8H,3,9-14H2,1-2H3;1H. The van der Waals surface area contributed by atoms with Crippen molar-refractivity contribution >= 4 is 35.8 Å². The predicted octanol–water partition coefficient (Wildman–Crippen LogP) is 2.66. The van der Waals surface area contributed by atoms with Gasteiger partial charge in [-0.25, -0.2) is 0 Å². The van der Waals surface area contributed by atoms with Crippen LogP contribution in [0.15, 0.2) is 35.3 Å². The molecule has 0 aliphatic carbocycles. The molecular formula is C19H26ClN3O3. The maximum Gasteiger partial charge on any atom is 0.306 e. The fourth-order valence-electron chi connectivity index (χ4n) is 3.76. The number of halogens is 1. The van der Waals surface area contributed by atoms with E-state index in [0.29, 0.717) is 13.0 Å². The summed E-state index contributed by atoms with van der Waals surface area (Å²) in [5, 5.41) is 0. The number of carbonyl (C=O) groups is 2. The third-order valence-corrected chi connectivity index (χ3v) is 5.19. The van der Waals surface area contributed by atoms with Crippen molar-refractivity contribution in [1.29, 1.82) is 0 Å². The fourth-order valence-corrected chi connectivity index (χ4v) is 3.76. The minimum atomic E-state index is -0.575. The number of rotatable bonds is 5. The van der Waals surface area contributed by atoms with Crippen LogP contribution in [0.4, 0.5) is 5.69 Å². The molecule has 1 aromatic carbocycles. The van der Waals surface area contributed by atoms with Gasteiger partial charge in [0.15, 0.2) is 0 Å². The lowest BCUT2D eigenvalue weighted by atomic mass is 9.85. The topological polar surface area (TPSA) is 62.2 Å². The molecule has 1 saturated heterocycles. The summed E-state index contributed by atoms with van der Waals surface area (Å²) in [4.78, 5) is 32.9. The van der Waals surface area contributed by atoms with Crippen LogP contribution in [0.5, 0.6) is 0 Å². The summed E-state index contributed by atoms with van der Waals surface area (Å²) in [6, 6.07) is 10.0. The van der Waals surface area contributed by atoms with Crippen molar-refractivity contribution in [2.75, 3.05) is 31.6 Å². The first-order chi connectivity index (χ1) is 12.1. The van der Waals surface area contributed by atoms with Gasteiger partial charge in [-0.3, -0.25) is 9.59 Å². The normalized spacial score (nSPS) is 19.2. The Morgan fingerprint density at radius 1 is 1.23 bits per heavy atom. The van der Waals surface area contributed by atoms with E-state index in [4.69, 9.17) is 4.74 Å². The second-order valence-corrected chi connectivity index (χ2v) is 6.56. The molecule has 1 fully saturated rings. The summed E-state index contributed by atoms with van der Waals surface area (Å²) in [5.74, 6) is 0.625. The SMILES string of the molecule is CCC1=NC(=O)C2(CCN(CCC(=O)OC)CC2)N1c1ccccc1.Cl. The van der Waals surface area contributed by atoms with Crippen LogP contribution in [0.2, 0.25) is 0 Å². The molecule has 1 aromatic rings. The maximum absolute atomic E-state index is 12.8. The molecule has 26 heavy (non-hydrogen) atoms. The molecule has 2 aliphatic rings. The fraction of sp³-hybridized carbons (Fsp3) is 0.526. The molecule has 0 radical (unpaired) electrons. The second kappa shape index (κ2) is 8.64. The van der Waals surface area contributed by atoms with Gasteiger partial charge in [0.05, 0.1) is 13.5 Å². The molecule has 0 N–H and O–H groups in total. The van der Waals surface area contributed by atoms with Gasteiger partial charge in [0.1, 0.15) is 11.4 Å². The van der Waals surface area contributed by atoms with E-state index in [-0.39, 0.29) is 24.3 Å². The lowest BCUT2D eigenvalue weighted by Crippen LogP contribution is -2.58. The molecule has 7 heteroatoms. The van der Waals surface area contributed by atoms with Gasteiger partial charge in [-0.05, 0) is 25.0 Å². The van der Waals surface area contributed by atoms with Crippen molar-refractivity contribution in [2.45, 2.75) is 38.1 Å². The number of ether oxygens (including phenoxy) is 1. The van der Waals surface area contributed by atoms with E-state index in [1.54, 1.807) is 0 Å². The second-order valence-electron chi connectivity index (χ2n) is 6.56. The Kier molecular flexibility index (Phi) is 6.78. The van der Waals surface area contributed by atoms with Crippen molar-refractivity contribution in [3.05, 3.63) is 30.3 Å². The number of amidine groups is 1. The third-order valence-electron chi connectivity index (χ3n) is 5.19. The molecule has 3 rings (SSSR count). The van der Waals surface area contributed by atoms with Crippen molar-refractivity contribution in [1.82, 2.24) is 4.90 Å². The molecule has 0 unspecified atom stereocenters. The van der Waals surface area contributed by atoms with Crippen LogP contribution in [0, 0.1) is 0 Å². The van der Waals surface area contributed by atoms with Crippen molar-refractivity contribution in [2.24, 2.45) is 4.99 Å². The number of hydrogen-bond donors (Lipinski definition) is 0. The van der Waals surface area contributed by atoms with Crippen LogP contribution < -0.4 is 4.90 Å². The average Bonchev–Trinajstić information content (AvgIpc) is 2.93. The Labute approximate surface area is 160 Å². The third kappa shape index (κ3) is 3.76. The monoisotopic (exact) mass is 379 g/mol. The zero-order chi connectivity index (χ0) is 17.9. The molecule has 2 heterocycles. The molecule has 0 bridgehead atoms. The number of methoxy groups -OCH3 is 1. The Hall–Kier alpha value is -1.92. The Bertz CT molecular complexity index is 670. The van der Waals surface area contributed by atoms with E-state index in [1.165, 1.54) is 7.11 Å². The van der Waals surface area contributed by atoms with Crippen LogP contribution in [-0.4, -0.2) is 54.9 Å². The van der Waals surface area contributed by atoms with Crippen LogP contribution in [0.1, 0.15) is 32.6 Å². The molecular weight excluding hydrogens is 354 g/mol. The maximum atomic E-state index is 12.8. The smallest absolute Gasteiger partial charge is 0.306 e. The summed E-state index contributed by atoms with van der Waals surface area (Å²) >= 11 is 0. The highest BCUT2D eigenvalue weighted by molar-refractivity contribution is 6.16. The largest absolute Gasteiger partial charge is 0.469 e. The van der Waals surface area contributed by atoms with Gasteiger partial charge in [0, 0.05) is 31.7 Å². The molecule has 0 aromatic heterocycles. The molecule has 1 amide bonds. The van der Waals surface area contributed by atoms with Crippen LogP contribution >= 0.6 is 12.4 Å². The van der Waals surface area contributed by atoms with Crippen LogP contribution in [-0.2, 0) is 14.3 Å². The van der Waals surface area contributed by atoms with E-state index in [1.807, 2.05) is 37.3 Å². The number of hydrogen-bond acceptors (Lipinski definition) is 5. The first kappa shape index (κ1) is 20.4. The molecule has 142 valence electrons. The van der Waals surface area contributed by atoms with Gasteiger partial charge in [-0.1, -0.05) is 25.1 Å². The first-order valence-corrected chi connectivity index (χ1v) is 8.87. The molecule has 2 aliphatic heterocycles. The van der Waals surface area contributed by atoms with E-state index in [2.05, 4.69) is 14.8 Å². The van der Waals surface area contributed by atoms with Crippen LogP contribution in [0.3, 0.4) is 0 Å². The number of piperidine rings is 1. The van der Waals surface area contributed by atoms with E-state index in [9.17, 15) is 9.59 Å². The first-order valence-electron chi connectivity index (χ1n) is 8.87. The van der Waals surface area contributed by atoms with Gasteiger partial charge in [0.2, 0.25) is 0 Å². The van der Waals surface area contributed by atoms with E-state index in [0.717, 1.165) is 43.9 Å². The zero-order valence-electron chi connectivity index (χ0n) is 15.3. The summed E-state index contributed by atoms with van der Waals surface area (Å²) in [7, 11) is 1.41. The highest BCUT2D eigenvalue weighted by Gasteiger charge is 2.51. The Morgan fingerprint density at radius 3 is 2.46 bits per heavy atom. The van der Waals surface area contributed by atoms with Crippen molar-refractivity contribution in [3.63, 3.8) is 0 Å². The summed E-state index contributed by atoms with van der Waals surface area (Å²) in [6.45, 7) is 4.26. The number of para-hydroxylation sites is 1. The number of likely N-dealkylation sites (tertiary alicyclic amines) is 1.